The molecular weight excluding hydrogens is 154 g/mol. The Kier molecular flexibility index (Phi) is 6.38. The SMILES string of the molecule is C=C(C)C(=O)OCCCCC[NH3+]. The van der Waals surface area contributed by atoms with Crippen LogP contribution in [0.15, 0.2) is 12.2 Å². The van der Waals surface area contributed by atoms with Crippen LogP contribution in [0.2, 0.25) is 0 Å². The van der Waals surface area contributed by atoms with Crippen molar-refractivity contribution in [1.29, 1.82) is 0 Å². The molecule has 0 aliphatic rings. The molecule has 0 unspecified atom stereocenters. The minimum atomic E-state index is -0.287. The topological polar surface area (TPSA) is 53.9 Å². The molecule has 0 aromatic heterocycles. The van der Waals surface area contributed by atoms with E-state index in [1.807, 2.05) is 0 Å². The molecule has 0 saturated carbocycles. The summed E-state index contributed by atoms with van der Waals surface area (Å²) >= 11 is 0. The summed E-state index contributed by atoms with van der Waals surface area (Å²) in [4.78, 5) is 10.8. The van der Waals surface area contributed by atoms with Crippen LogP contribution in [0.1, 0.15) is 26.2 Å². The molecule has 70 valence electrons. The molecule has 0 aromatic carbocycles. The molecule has 0 aliphatic carbocycles. The van der Waals surface area contributed by atoms with E-state index in [0.29, 0.717) is 12.2 Å². The highest BCUT2D eigenvalue weighted by molar-refractivity contribution is 5.86. The van der Waals surface area contributed by atoms with Gasteiger partial charge in [-0.1, -0.05) is 6.58 Å². The molecule has 0 bridgehead atoms. The number of ether oxygens (including phenoxy) is 1. The lowest BCUT2D eigenvalue weighted by Crippen LogP contribution is -2.50. The van der Waals surface area contributed by atoms with Crippen LogP contribution >= 0.6 is 0 Å². The normalized spacial score (nSPS) is 9.50. The minimum Gasteiger partial charge on any atom is -0.462 e. The Morgan fingerprint density at radius 3 is 2.58 bits per heavy atom. The van der Waals surface area contributed by atoms with Gasteiger partial charge in [0.1, 0.15) is 0 Å². The minimum absolute atomic E-state index is 0.287. The summed E-state index contributed by atoms with van der Waals surface area (Å²) in [5, 5.41) is 0. The lowest BCUT2D eigenvalue weighted by molar-refractivity contribution is -0.368. The average Bonchev–Trinajstić information content (AvgIpc) is 2.03. The molecule has 0 amide bonds. The van der Waals surface area contributed by atoms with E-state index in [9.17, 15) is 4.79 Å². The van der Waals surface area contributed by atoms with Crippen molar-refractivity contribution < 1.29 is 15.3 Å². The van der Waals surface area contributed by atoms with Crippen molar-refractivity contribution in [2.75, 3.05) is 13.2 Å². The quantitative estimate of drug-likeness (QED) is 0.361. The first-order chi connectivity index (χ1) is 5.68. The molecule has 12 heavy (non-hydrogen) atoms. The Labute approximate surface area is 73.6 Å². The number of unbranched alkanes of at least 4 members (excludes halogenated alkanes) is 2. The molecule has 0 saturated heterocycles. The van der Waals surface area contributed by atoms with Crippen molar-refractivity contribution in [3.63, 3.8) is 0 Å². The molecule has 0 radical (unpaired) electrons. The Balaban J connectivity index is 3.20. The second-order valence-corrected chi connectivity index (χ2v) is 2.83. The highest BCUT2D eigenvalue weighted by atomic mass is 16.5. The maximum atomic E-state index is 10.8. The predicted molar refractivity (Wildman–Crippen MR) is 47.4 cm³/mol. The fourth-order valence-electron chi connectivity index (χ4n) is 0.744. The number of hydrogen-bond donors (Lipinski definition) is 1. The number of carbonyl (C=O) groups is 1. The highest BCUT2D eigenvalue weighted by Crippen LogP contribution is 1.97. The van der Waals surface area contributed by atoms with Gasteiger partial charge in [0.05, 0.1) is 13.2 Å². The van der Waals surface area contributed by atoms with E-state index in [1.54, 1.807) is 6.92 Å². The van der Waals surface area contributed by atoms with E-state index in [4.69, 9.17) is 4.74 Å². The second kappa shape index (κ2) is 6.85. The van der Waals surface area contributed by atoms with E-state index < -0.39 is 0 Å². The largest absolute Gasteiger partial charge is 0.462 e. The number of rotatable bonds is 6. The van der Waals surface area contributed by atoms with Crippen molar-refractivity contribution in [3.05, 3.63) is 12.2 Å². The molecule has 0 heterocycles. The third-order valence-corrected chi connectivity index (χ3v) is 1.48. The van der Waals surface area contributed by atoms with Crippen molar-refractivity contribution >= 4 is 5.97 Å². The van der Waals surface area contributed by atoms with Crippen molar-refractivity contribution in [3.8, 4) is 0 Å². The highest BCUT2D eigenvalue weighted by Gasteiger charge is 2.01. The van der Waals surface area contributed by atoms with E-state index in [0.717, 1.165) is 25.8 Å². The lowest BCUT2D eigenvalue weighted by Gasteiger charge is -2.02. The molecule has 0 aromatic rings. The summed E-state index contributed by atoms with van der Waals surface area (Å²) in [6.07, 6.45) is 3.10. The first kappa shape index (κ1) is 11.2. The molecule has 0 fully saturated rings. The average molecular weight is 172 g/mol. The number of carbonyl (C=O) groups excluding carboxylic acids is 1. The number of esters is 1. The van der Waals surface area contributed by atoms with E-state index >= 15 is 0 Å². The number of quaternary nitrogens is 1. The zero-order chi connectivity index (χ0) is 9.40. The third-order valence-electron chi connectivity index (χ3n) is 1.48. The van der Waals surface area contributed by atoms with Gasteiger partial charge in [-0.05, 0) is 26.2 Å². The molecule has 0 rings (SSSR count). The fourth-order valence-corrected chi connectivity index (χ4v) is 0.744. The third kappa shape index (κ3) is 5.92. The van der Waals surface area contributed by atoms with Crippen molar-refractivity contribution in [2.24, 2.45) is 0 Å². The van der Waals surface area contributed by atoms with Crippen molar-refractivity contribution in [2.45, 2.75) is 26.2 Å². The Morgan fingerprint density at radius 1 is 1.42 bits per heavy atom. The van der Waals surface area contributed by atoms with Crippen LogP contribution in [-0.4, -0.2) is 19.1 Å². The molecule has 3 N–H and O–H groups in total. The van der Waals surface area contributed by atoms with Gasteiger partial charge in [-0.15, -0.1) is 0 Å². The van der Waals surface area contributed by atoms with Crippen LogP contribution in [0.4, 0.5) is 0 Å². The lowest BCUT2D eigenvalue weighted by atomic mass is 10.2. The molecular formula is C9H18NO2+. The fraction of sp³-hybridized carbons (Fsp3) is 0.667. The maximum Gasteiger partial charge on any atom is 0.333 e. The summed E-state index contributed by atoms with van der Waals surface area (Å²) in [7, 11) is 0. The van der Waals surface area contributed by atoms with Gasteiger partial charge in [0.2, 0.25) is 0 Å². The Bertz CT molecular complexity index is 155. The van der Waals surface area contributed by atoms with Crippen LogP contribution in [0.3, 0.4) is 0 Å². The van der Waals surface area contributed by atoms with Crippen molar-refractivity contribution in [1.82, 2.24) is 0 Å². The van der Waals surface area contributed by atoms with Gasteiger partial charge in [-0.3, -0.25) is 0 Å². The van der Waals surface area contributed by atoms with E-state index in [2.05, 4.69) is 12.3 Å². The van der Waals surface area contributed by atoms with Gasteiger partial charge in [0.25, 0.3) is 0 Å². The van der Waals surface area contributed by atoms with Crippen LogP contribution in [0.5, 0.6) is 0 Å². The van der Waals surface area contributed by atoms with Crippen LogP contribution in [0, 0.1) is 0 Å². The summed E-state index contributed by atoms with van der Waals surface area (Å²) in [5.41, 5.74) is 4.19. The monoisotopic (exact) mass is 172 g/mol. The van der Waals surface area contributed by atoms with Crippen LogP contribution < -0.4 is 5.73 Å². The van der Waals surface area contributed by atoms with Gasteiger partial charge in [0.15, 0.2) is 0 Å². The smallest absolute Gasteiger partial charge is 0.333 e. The Hall–Kier alpha value is -0.830. The molecule has 0 spiro atoms. The van der Waals surface area contributed by atoms with Gasteiger partial charge in [-0.25, -0.2) is 4.79 Å². The second-order valence-electron chi connectivity index (χ2n) is 2.83. The van der Waals surface area contributed by atoms with Gasteiger partial charge >= 0.3 is 5.97 Å². The van der Waals surface area contributed by atoms with Gasteiger partial charge in [0, 0.05) is 5.57 Å². The van der Waals surface area contributed by atoms with E-state index in [-0.39, 0.29) is 5.97 Å². The summed E-state index contributed by atoms with van der Waals surface area (Å²) in [6.45, 7) is 6.60. The van der Waals surface area contributed by atoms with Crippen LogP contribution in [-0.2, 0) is 9.53 Å². The summed E-state index contributed by atoms with van der Waals surface area (Å²) in [6, 6.07) is 0. The molecule has 0 atom stereocenters. The molecule has 3 nitrogen and oxygen atoms in total. The first-order valence-electron chi connectivity index (χ1n) is 4.30. The number of hydrogen-bond acceptors (Lipinski definition) is 2. The van der Waals surface area contributed by atoms with Gasteiger partial charge < -0.3 is 10.5 Å². The van der Waals surface area contributed by atoms with Crippen LogP contribution in [0.25, 0.3) is 0 Å². The molecule has 3 heteroatoms. The van der Waals surface area contributed by atoms with E-state index in [1.165, 1.54) is 0 Å². The zero-order valence-corrected chi connectivity index (χ0v) is 7.77. The van der Waals surface area contributed by atoms with Gasteiger partial charge in [-0.2, -0.15) is 0 Å². The summed E-state index contributed by atoms with van der Waals surface area (Å²) < 4.78 is 4.89. The standard InChI is InChI=1S/C9H17NO2/c1-8(2)9(11)12-7-5-3-4-6-10/h1,3-7,10H2,2H3/p+1. The first-order valence-corrected chi connectivity index (χ1v) is 4.30. The Morgan fingerprint density at radius 2 is 2.08 bits per heavy atom. The maximum absolute atomic E-state index is 10.8. The summed E-state index contributed by atoms with van der Waals surface area (Å²) in [5.74, 6) is -0.287. The molecule has 0 aliphatic heterocycles. The predicted octanol–water partition coefficient (Wildman–Crippen LogP) is 0.518. The zero-order valence-electron chi connectivity index (χ0n) is 7.77.